The van der Waals surface area contributed by atoms with Crippen molar-refractivity contribution in [1.82, 2.24) is 5.32 Å². The summed E-state index contributed by atoms with van der Waals surface area (Å²) in [5.74, 6) is 1.96. The van der Waals surface area contributed by atoms with E-state index in [1.54, 1.807) is 0 Å². The van der Waals surface area contributed by atoms with Crippen molar-refractivity contribution >= 4 is 0 Å². The zero-order valence-electron chi connectivity index (χ0n) is 9.75. The van der Waals surface area contributed by atoms with Gasteiger partial charge in [-0.05, 0) is 31.9 Å². The Morgan fingerprint density at radius 3 is 2.80 bits per heavy atom. The molecular weight excluding hydrogens is 186 g/mol. The lowest BCUT2D eigenvalue weighted by molar-refractivity contribution is 0.381. The van der Waals surface area contributed by atoms with Crippen LogP contribution in [0.3, 0.4) is 0 Å². The maximum Gasteiger partial charge on any atom is 0.108 e. The number of hydrogen-bond donors (Lipinski definition) is 1. The highest BCUT2D eigenvalue weighted by atomic mass is 16.3. The highest BCUT2D eigenvalue weighted by Crippen LogP contribution is 2.37. The predicted octanol–water partition coefficient (Wildman–Crippen LogP) is 3.29. The Morgan fingerprint density at radius 1 is 1.47 bits per heavy atom. The maximum absolute atomic E-state index is 5.52. The van der Waals surface area contributed by atoms with E-state index in [9.17, 15) is 0 Å². The molecule has 0 aliphatic heterocycles. The molecule has 15 heavy (non-hydrogen) atoms. The first kappa shape index (κ1) is 10.7. The average molecular weight is 207 g/mol. The largest absolute Gasteiger partial charge is 0.469 e. The highest BCUT2D eigenvalue weighted by Gasteiger charge is 2.27. The molecule has 1 heterocycles. The first-order chi connectivity index (χ1) is 7.36. The molecule has 1 saturated carbocycles. The molecule has 2 nitrogen and oxygen atoms in total. The molecule has 1 fully saturated rings. The van der Waals surface area contributed by atoms with Gasteiger partial charge in [-0.1, -0.05) is 19.8 Å². The topological polar surface area (TPSA) is 25.2 Å². The third kappa shape index (κ3) is 2.10. The van der Waals surface area contributed by atoms with Crippen LogP contribution in [0.25, 0.3) is 0 Å². The van der Waals surface area contributed by atoms with Gasteiger partial charge >= 0.3 is 0 Å². The lowest BCUT2D eigenvalue weighted by atomic mass is 9.91. The van der Waals surface area contributed by atoms with E-state index >= 15 is 0 Å². The molecule has 2 heteroatoms. The second-order valence-corrected chi connectivity index (χ2v) is 4.46. The Labute approximate surface area is 92.1 Å². The van der Waals surface area contributed by atoms with Crippen LogP contribution in [0.4, 0.5) is 0 Å². The fourth-order valence-electron chi connectivity index (χ4n) is 2.85. The minimum atomic E-state index is 0.501. The van der Waals surface area contributed by atoms with Gasteiger partial charge in [-0.2, -0.15) is 0 Å². The van der Waals surface area contributed by atoms with E-state index in [0.717, 1.165) is 18.1 Å². The summed E-state index contributed by atoms with van der Waals surface area (Å²) in [5, 5.41) is 3.46. The number of rotatable bonds is 4. The SMILES string of the molecule is CCc1occc1C(NC)C1CCCC1. The monoisotopic (exact) mass is 207 g/mol. The van der Waals surface area contributed by atoms with Gasteiger partial charge in [0, 0.05) is 18.0 Å². The number of nitrogens with one attached hydrogen (secondary N) is 1. The Balaban J connectivity index is 2.17. The van der Waals surface area contributed by atoms with Gasteiger partial charge in [0.25, 0.3) is 0 Å². The average Bonchev–Trinajstić information content (AvgIpc) is 2.89. The number of aryl methyl sites for hydroxylation is 1. The van der Waals surface area contributed by atoms with Crippen molar-refractivity contribution in [2.45, 2.75) is 45.1 Å². The van der Waals surface area contributed by atoms with Crippen LogP contribution in [-0.2, 0) is 6.42 Å². The summed E-state index contributed by atoms with van der Waals surface area (Å²) in [6, 6.07) is 2.64. The molecule has 1 aliphatic carbocycles. The second-order valence-electron chi connectivity index (χ2n) is 4.46. The van der Waals surface area contributed by atoms with Crippen LogP contribution < -0.4 is 5.32 Å². The summed E-state index contributed by atoms with van der Waals surface area (Å²) in [6.07, 6.45) is 8.32. The minimum absolute atomic E-state index is 0.501. The van der Waals surface area contributed by atoms with Gasteiger partial charge in [-0.15, -0.1) is 0 Å². The van der Waals surface area contributed by atoms with Crippen molar-refractivity contribution in [1.29, 1.82) is 0 Å². The van der Waals surface area contributed by atoms with E-state index in [1.165, 1.54) is 31.2 Å². The zero-order chi connectivity index (χ0) is 10.7. The van der Waals surface area contributed by atoms with Gasteiger partial charge < -0.3 is 9.73 Å². The third-order valence-electron chi connectivity index (χ3n) is 3.62. The van der Waals surface area contributed by atoms with Crippen molar-refractivity contribution in [2.75, 3.05) is 7.05 Å². The summed E-state index contributed by atoms with van der Waals surface area (Å²) in [6.45, 7) is 2.16. The van der Waals surface area contributed by atoms with E-state index in [-0.39, 0.29) is 0 Å². The first-order valence-corrected chi connectivity index (χ1v) is 6.10. The normalized spacial score (nSPS) is 19.6. The van der Waals surface area contributed by atoms with Crippen LogP contribution >= 0.6 is 0 Å². The van der Waals surface area contributed by atoms with E-state index in [1.807, 2.05) is 6.26 Å². The molecule has 1 unspecified atom stereocenters. The quantitative estimate of drug-likeness (QED) is 0.819. The summed E-state index contributed by atoms with van der Waals surface area (Å²) >= 11 is 0. The summed E-state index contributed by atoms with van der Waals surface area (Å²) in [4.78, 5) is 0. The predicted molar refractivity (Wildman–Crippen MR) is 61.8 cm³/mol. The Kier molecular flexibility index (Phi) is 3.47. The number of furan rings is 1. The van der Waals surface area contributed by atoms with Gasteiger partial charge in [-0.3, -0.25) is 0 Å². The smallest absolute Gasteiger partial charge is 0.108 e. The maximum atomic E-state index is 5.52. The van der Waals surface area contributed by atoms with E-state index in [4.69, 9.17) is 4.42 Å². The van der Waals surface area contributed by atoms with Crippen molar-refractivity contribution in [3.63, 3.8) is 0 Å². The fraction of sp³-hybridized carbons (Fsp3) is 0.692. The summed E-state index contributed by atoms with van der Waals surface area (Å²) < 4.78 is 5.52. The van der Waals surface area contributed by atoms with Gasteiger partial charge in [0.15, 0.2) is 0 Å². The van der Waals surface area contributed by atoms with Crippen molar-refractivity contribution in [3.8, 4) is 0 Å². The van der Waals surface area contributed by atoms with Crippen molar-refractivity contribution in [2.24, 2.45) is 5.92 Å². The molecule has 84 valence electrons. The first-order valence-electron chi connectivity index (χ1n) is 6.10. The van der Waals surface area contributed by atoms with Crippen LogP contribution in [0.5, 0.6) is 0 Å². The molecule has 0 spiro atoms. The Morgan fingerprint density at radius 2 is 2.20 bits per heavy atom. The molecule has 0 radical (unpaired) electrons. The van der Waals surface area contributed by atoms with Crippen molar-refractivity contribution in [3.05, 3.63) is 23.7 Å². The Hall–Kier alpha value is -0.760. The molecule has 0 aromatic carbocycles. The lowest BCUT2D eigenvalue weighted by Gasteiger charge is -2.22. The van der Waals surface area contributed by atoms with Crippen LogP contribution in [0, 0.1) is 5.92 Å². The molecule has 1 aliphatic rings. The summed E-state index contributed by atoms with van der Waals surface area (Å²) in [7, 11) is 2.06. The molecule has 2 rings (SSSR count). The molecule has 1 N–H and O–H groups in total. The van der Waals surface area contributed by atoms with Crippen LogP contribution in [0.15, 0.2) is 16.7 Å². The second kappa shape index (κ2) is 4.84. The molecule has 0 amide bonds. The molecule has 1 atom stereocenters. The highest BCUT2D eigenvalue weighted by molar-refractivity contribution is 5.22. The number of hydrogen-bond acceptors (Lipinski definition) is 2. The van der Waals surface area contributed by atoms with Gasteiger partial charge in [0.2, 0.25) is 0 Å². The minimum Gasteiger partial charge on any atom is -0.469 e. The Bertz CT molecular complexity index is 299. The van der Waals surface area contributed by atoms with Crippen molar-refractivity contribution < 1.29 is 4.42 Å². The molecule has 0 saturated heterocycles. The van der Waals surface area contributed by atoms with Crippen LogP contribution in [-0.4, -0.2) is 7.05 Å². The molecule has 1 aromatic heterocycles. The standard InChI is InChI=1S/C13H21NO/c1-3-12-11(8-9-15-12)13(14-2)10-6-4-5-7-10/h8-10,13-14H,3-7H2,1-2H3. The van der Waals surface area contributed by atoms with Gasteiger partial charge in [-0.25, -0.2) is 0 Å². The van der Waals surface area contributed by atoms with Crippen LogP contribution in [0.1, 0.15) is 50.0 Å². The molecular formula is C13H21NO. The summed E-state index contributed by atoms with van der Waals surface area (Å²) in [5.41, 5.74) is 1.38. The molecule has 0 bridgehead atoms. The van der Waals surface area contributed by atoms with Gasteiger partial charge in [0.05, 0.1) is 6.26 Å². The van der Waals surface area contributed by atoms with Crippen LogP contribution in [0.2, 0.25) is 0 Å². The van der Waals surface area contributed by atoms with E-state index in [0.29, 0.717) is 6.04 Å². The zero-order valence-corrected chi connectivity index (χ0v) is 9.75. The van der Waals surface area contributed by atoms with E-state index in [2.05, 4.69) is 25.4 Å². The van der Waals surface area contributed by atoms with Gasteiger partial charge in [0.1, 0.15) is 5.76 Å². The molecule has 1 aromatic rings. The lowest BCUT2D eigenvalue weighted by Crippen LogP contribution is -2.24. The fourth-order valence-corrected chi connectivity index (χ4v) is 2.85. The van der Waals surface area contributed by atoms with E-state index < -0.39 is 0 Å². The third-order valence-corrected chi connectivity index (χ3v) is 3.62.